The van der Waals surface area contributed by atoms with Crippen molar-refractivity contribution in [1.82, 2.24) is 30.0 Å². The number of nitrogens with zero attached hydrogens (tertiary/aromatic N) is 5. The van der Waals surface area contributed by atoms with Crippen LogP contribution in [0.4, 0.5) is 5.82 Å². The molecule has 3 heterocycles. The molecule has 168 valence electrons. The van der Waals surface area contributed by atoms with Crippen molar-refractivity contribution in [3.05, 3.63) is 30.5 Å². The largest absolute Gasteiger partial charge is 0.431 e. The molecule has 1 amide bonds. The number of thioether (sulfide) groups is 2. The summed E-state index contributed by atoms with van der Waals surface area (Å²) in [6, 6.07) is 7.78. The molecule has 4 aromatic rings. The summed E-state index contributed by atoms with van der Waals surface area (Å²) in [5, 5.41) is 12.8. The Balaban J connectivity index is 1.36. The molecular weight excluding hydrogens is 446 g/mol. The third-order valence-corrected chi connectivity index (χ3v) is 5.98. The first-order valence-corrected chi connectivity index (χ1v) is 12.4. The van der Waals surface area contributed by atoms with E-state index in [-0.39, 0.29) is 17.7 Å². The highest BCUT2D eigenvalue weighted by molar-refractivity contribution is 7.99. The second-order valence-electron chi connectivity index (χ2n) is 7.28. The first-order chi connectivity index (χ1) is 15.5. The number of para-hydroxylation sites is 2. The number of fused-ring (bicyclic) bond motifs is 2. The monoisotopic (exact) mass is 471 g/mol. The Bertz CT molecular complexity index is 1190. The molecule has 0 fully saturated rings. The summed E-state index contributed by atoms with van der Waals surface area (Å²) in [6.45, 7) is 7.16. The Labute approximate surface area is 194 Å². The van der Waals surface area contributed by atoms with E-state index in [1.807, 2.05) is 24.3 Å². The average Bonchev–Trinajstić information content (AvgIpc) is 3.36. The Hall–Kier alpha value is -2.79. The van der Waals surface area contributed by atoms with Crippen LogP contribution in [0.25, 0.3) is 22.1 Å². The normalized spacial score (nSPS) is 11.5. The maximum absolute atomic E-state index is 12.3. The summed E-state index contributed by atoms with van der Waals surface area (Å²) in [4.78, 5) is 25.9. The predicted octanol–water partition coefficient (Wildman–Crippen LogP) is 3.81. The van der Waals surface area contributed by atoms with Gasteiger partial charge in [0.15, 0.2) is 16.4 Å². The van der Waals surface area contributed by atoms with Gasteiger partial charge >= 0.3 is 0 Å². The smallest absolute Gasteiger partial charge is 0.257 e. The fourth-order valence-electron chi connectivity index (χ4n) is 3.07. The van der Waals surface area contributed by atoms with Crippen molar-refractivity contribution >= 4 is 57.4 Å². The van der Waals surface area contributed by atoms with Gasteiger partial charge in [0.2, 0.25) is 5.91 Å². The Morgan fingerprint density at radius 2 is 2.03 bits per heavy atom. The number of amides is 1. The fraction of sp³-hybridized carbons (Fsp3) is 0.381. The molecule has 11 heteroatoms. The minimum atomic E-state index is -0.0901. The number of carbonyl (C=O) groups is 1. The average molecular weight is 472 g/mol. The van der Waals surface area contributed by atoms with E-state index < -0.39 is 0 Å². The van der Waals surface area contributed by atoms with Gasteiger partial charge in [-0.3, -0.25) is 4.79 Å². The molecular formula is C21H25N7O2S2. The van der Waals surface area contributed by atoms with Gasteiger partial charge in [-0.2, -0.15) is 5.10 Å². The van der Waals surface area contributed by atoms with Crippen LogP contribution in [0.5, 0.6) is 0 Å². The lowest BCUT2D eigenvalue weighted by Gasteiger charge is -2.11. The zero-order valence-corrected chi connectivity index (χ0v) is 19.8. The maximum atomic E-state index is 12.3. The molecule has 0 aliphatic rings. The van der Waals surface area contributed by atoms with E-state index >= 15 is 0 Å². The second-order valence-corrected chi connectivity index (χ2v) is 9.44. The summed E-state index contributed by atoms with van der Waals surface area (Å²) in [7, 11) is 0. The number of hydrogen-bond donors (Lipinski definition) is 2. The quantitative estimate of drug-likeness (QED) is 0.263. The van der Waals surface area contributed by atoms with E-state index in [1.54, 1.807) is 22.6 Å². The molecule has 0 radical (unpaired) electrons. The molecule has 0 saturated carbocycles. The van der Waals surface area contributed by atoms with Crippen LogP contribution in [0.2, 0.25) is 0 Å². The van der Waals surface area contributed by atoms with Gasteiger partial charge in [0.05, 0.1) is 23.9 Å². The van der Waals surface area contributed by atoms with Gasteiger partial charge in [-0.15, -0.1) is 0 Å². The number of nitrogens with one attached hydrogen (secondary N) is 2. The SMILES string of the molecule is CCSc1nc(NC(C)C)c2cnn(CCNC(=O)CSc3nc4ccccc4o3)c2n1. The van der Waals surface area contributed by atoms with Crippen molar-refractivity contribution in [1.29, 1.82) is 0 Å². The number of aromatic nitrogens is 5. The van der Waals surface area contributed by atoms with Crippen LogP contribution < -0.4 is 10.6 Å². The highest BCUT2D eigenvalue weighted by atomic mass is 32.2. The lowest BCUT2D eigenvalue weighted by Crippen LogP contribution is -2.29. The summed E-state index contributed by atoms with van der Waals surface area (Å²) in [5.41, 5.74) is 2.26. The Morgan fingerprint density at radius 3 is 2.81 bits per heavy atom. The van der Waals surface area contributed by atoms with Crippen LogP contribution in [-0.2, 0) is 11.3 Å². The molecule has 4 rings (SSSR count). The van der Waals surface area contributed by atoms with E-state index in [4.69, 9.17) is 4.42 Å². The molecule has 1 aromatic carbocycles. The zero-order chi connectivity index (χ0) is 22.5. The number of rotatable bonds is 10. The molecule has 0 bridgehead atoms. The Morgan fingerprint density at radius 1 is 1.19 bits per heavy atom. The summed E-state index contributed by atoms with van der Waals surface area (Å²) < 4.78 is 7.44. The van der Waals surface area contributed by atoms with Gasteiger partial charge in [-0.05, 0) is 31.7 Å². The van der Waals surface area contributed by atoms with Crippen molar-refractivity contribution in [2.24, 2.45) is 0 Å². The molecule has 3 aromatic heterocycles. The van der Waals surface area contributed by atoms with Crippen molar-refractivity contribution < 1.29 is 9.21 Å². The molecule has 9 nitrogen and oxygen atoms in total. The third-order valence-electron chi connectivity index (χ3n) is 4.42. The van der Waals surface area contributed by atoms with Crippen molar-refractivity contribution in [2.75, 3.05) is 23.4 Å². The minimum Gasteiger partial charge on any atom is -0.431 e. The topological polar surface area (TPSA) is 111 Å². The number of hydrogen-bond acceptors (Lipinski definition) is 9. The maximum Gasteiger partial charge on any atom is 0.257 e. The summed E-state index contributed by atoms with van der Waals surface area (Å²) in [6.07, 6.45) is 1.77. The van der Waals surface area contributed by atoms with Crippen LogP contribution in [0, 0.1) is 0 Å². The Kier molecular flexibility index (Phi) is 7.15. The van der Waals surface area contributed by atoms with E-state index in [1.165, 1.54) is 11.8 Å². The zero-order valence-electron chi connectivity index (χ0n) is 18.2. The van der Waals surface area contributed by atoms with E-state index in [0.29, 0.717) is 23.5 Å². The predicted molar refractivity (Wildman–Crippen MR) is 128 cm³/mol. The molecule has 32 heavy (non-hydrogen) atoms. The molecule has 2 N–H and O–H groups in total. The number of benzene rings is 1. The van der Waals surface area contributed by atoms with Gasteiger partial charge in [-0.1, -0.05) is 42.6 Å². The lowest BCUT2D eigenvalue weighted by molar-refractivity contribution is -0.118. The highest BCUT2D eigenvalue weighted by Gasteiger charge is 2.14. The van der Waals surface area contributed by atoms with Gasteiger partial charge < -0.3 is 15.1 Å². The lowest BCUT2D eigenvalue weighted by atomic mass is 10.3. The first kappa shape index (κ1) is 22.4. The number of anilines is 1. The number of carbonyl (C=O) groups excluding carboxylic acids is 1. The van der Waals surface area contributed by atoms with Crippen LogP contribution in [0.15, 0.2) is 45.3 Å². The second kappa shape index (κ2) is 10.2. The third kappa shape index (κ3) is 5.33. The van der Waals surface area contributed by atoms with Crippen molar-refractivity contribution in [3.63, 3.8) is 0 Å². The van der Waals surface area contributed by atoms with E-state index in [0.717, 1.165) is 33.7 Å². The molecule has 0 saturated heterocycles. The van der Waals surface area contributed by atoms with Gasteiger partial charge in [-0.25, -0.2) is 19.6 Å². The molecule has 0 spiro atoms. The molecule has 0 atom stereocenters. The van der Waals surface area contributed by atoms with Gasteiger partial charge in [0.25, 0.3) is 5.22 Å². The molecule has 0 unspecified atom stereocenters. The molecule has 0 aliphatic heterocycles. The highest BCUT2D eigenvalue weighted by Crippen LogP contribution is 2.25. The standard InChI is InChI=1S/C21H25N7O2S2/c1-4-31-20-26-18(24-13(2)3)14-11-23-28(19(14)27-20)10-9-22-17(29)12-32-21-25-15-7-5-6-8-16(15)30-21/h5-8,11,13H,4,9-10,12H2,1-3H3,(H,22,29)(H,24,26,27). The van der Waals surface area contributed by atoms with Crippen molar-refractivity contribution in [2.45, 2.75) is 43.7 Å². The van der Waals surface area contributed by atoms with Crippen LogP contribution in [0.3, 0.4) is 0 Å². The molecule has 0 aliphatic carbocycles. The summed E-state index contributed by atoms with van der Waals surface area (Å²) in [5.74, 6) is 1.81. The van der Waals surface area contributed by atoms with Crippen LogP contribution in [0.1, 0.15) is 20.8 Å². The van der Waals surface area contributed by atoms with E-state index in [9.17, 15) is 4.79 Å². The summed E-state index contributed by atoms with van der Waals surface area (Å²) >= 11 is 2.86. The van der Waals surface area contributed by atoms with Crippen LogP contribution >= 0.6 is 23.5 Å². The van der Waals surface area contributed by atoms with Crippen molar-refractivity contribution in [3.8, 4) is 0 Å². The van der Waals surface area contributed by atoms with Gasteiger partial charge in [0, 0.05) is 12.6 Å². The first-order valence-electron chi connectivity index (χ1n) is 10.4. The van der Waals surface area contributed by atoms with E-state index in [2.05, 4.69) is 51.5 Å². The van der Waals surface area contributed by atoms with Crippen LogP contribution in [-0.4, -0.2) is 54.7 Å². The number of oxazole rings is 1. The fourth-order valence-corrected chi connectivity index (χ4v) is 4.30. The van der Waals surface area contributed by atoms with Gasteiger partial charge in [0.1, 0.15) is 11.3 Å². The minimum absolute atomic E-state index is 0.0901.